The maximum Gasteiger partial charge on any atom is 0.167 e. The largest absolute Gasteiger partial charge is 0.294 e. The van der Waals surface area contributed by atoms with Gasteiger partial charge in [0.05, 0.1) is 0 Å². The molecular formula is C18H24Br2O. The summed E-state index contributed by atoms with van der Waals surface area (Å²) in [5.41, 5.74) is 2.34. The molecule has 1 aliphatic carbocycles. The van der Waals surface area contributed by atoms with Gasteiger partial charge >= 0.3 is 0 Å². The molecule has 0 N–H and O–H groups in total. The number of Topliss-reactive ketones (excluding diaryl/α,β-unsaturated/α-hetero) is 1. The number of ketones is 1. The molecule has 0 unspecified atom stereocenters. The molecule has 21 heavy (non-hydrogen) atoms. The van der Waals surface area contributed by atoms with Crippen LogP contribution >= 0.6 is 31.9 Å². The number of rotatable bonds is 2. The molecular weight excluding hydrogens is 392 g/mol. The molecule has 0 amide bonds. The van der Waals surface area contributed by atoms with E-state index in [9.17, 15) is 4.79 Å². The predicted molar refractivity (Wildman–Crippen MR) is 95.8 cm³/mol. The third-order valence-electron chi connectivity index (χ3n) is 4.84. The molecule has 116 valence electrons. The van der Waals surface area contributed by atoms with Gasteiger partial charge in [0, 0.05) is 20.4 Å². The first-order valence-corrected chi connectivity index (χ1v) is 9.28. The number of halogens is 2. The van der Waals surface area contributed by atoms with Gasteiger partial charge in [-0.05, 0) is 61.6 Å². The maximum atomic E-state index is 12.8. The Bertz CT molecular complexity index is 535. The molecule has 1 aromatic rings. The highest BCUT2D eigenvalue weighted by atomic mass is 79.9. The van der Waals surface area contributed by atoms with Gasteiger partial charge in [0.2, 0.25) is 0 Å². The summed E-state index contributed by atoms with van der Waals surface area (Å²) < 4.78 is 1.93. The van der Waals surface area contributed by atoms with Crippen LogP contribution in [0.15, 0.2) is 21.1 Å². The number of aryl methyl sites for hydroxylation is 1. The Balaban J connectivity index is 2.11. The van der Waals surface area contributed by atoms with Crippen LogP contribution in [0, 0.1) is 24.2 Å². The minimum absolute atomic E-state index is 0.189. The molecule has 0 bridgehead atoms. The molecule has 2 rings (SSSR count). The van der Waals surface area contributed by atoms with E-state index in [0.29, 0.717) is 11.2 Å². The summed E-state index contributed by atoms with van der Waals surface area (Å²) >= 11 is 7.09. The molecule has 1 fully saturated rings. The summed E-state index contributed by atoms with van der Waals surface area (Å²) in [4.78, 5) is 12.8. The summed E-state index contributed by atoms with van der Waals surface area (Å²) in [6.45, 7) is 8.98. The molecule has 1 aromatic carbocycles. The molecule has 3 heteroatoms. The number of hydrogen-bond donors (Lipinski definition) is 0. The zero-order valence-corrected chi connectivity index (χ0v) is 16.5. The van der Waals surface area contributed by atoms with Gasteiger partial charge in [0.15, 0.2) is 5.78 Å². The van der Waals surface area contributed by atoms with Gasteiger partial charge in [-0.1, -0.05) is 52.6 Å². The second-order valence-electron chi connectivity index (χ2n) is 7.36. The fourth-order valence-electron chi connectivity index (χ4n) is 3.28. The third kappa shape index (κ3) is 3.98. The molecule has 0 heterocycles. The van der Waals surface area contributed by atoms with Gasteiger partial charge in [-0.15, -0.1) is 0 Å². The molecule has 0 spiro atoms. The Labute approximate surface area is 145 Å². The van der Waals surface area contributed by atoms with Crippen LogP contribution < -0.4 is 0 Å². The summed E-state index contributed by atoms with van der Waals surface area (Å²) in [7, 11) is 0. The first-order valence-electron chi connectivity index (χ1n) is 7.70. The molecule has 1 aliphatic rings. The summed E-state index contributed by atoms with van der Waals surface area (Å²) in [5.74, 6) is 1.24. The molecule has 0 aliphatic heterocycles. The highest BCUT2D eigenvalue weighted by Gasteiger charge is 2.33. The van der Waals surface area contributed by atoms with Crippen LogP contribution in [0.4, 0.5) is 0 Å². The molecule has 1 nitrogen and oxygen atoms in total. The van der Waals surface area contributed by atoms with Gasteiger partial charge in [-0.2, -0.15) is 0 Å². The number of hydrogen-bond acceptors (Lipinski definition) is 1. The Morgan fingerprint density at radius 1 is 1.05 bits per heavy atom. The number of carbonyl (C=O) groups is 1. The molecule has 1 saturated carbocycles. The van der Waals surface area contributed by atoms with E-state index in [4.69, 9.17) is 0 Å². The van der Waals surface area contributed by atoms with Gasteiger partial charge < -0.3 is 0 Å². The lowest BCUT2D eigenvalue weighted by molar-refractivity contribution is 0.0818. The lowest BCUT2D eigenvalue weighted by Crippen LogP contribution is -2.29. The summed E-state index contributed by atoms with van der Waals surface area (Å²) in [5, 5.41) is 0. The Kier molecular flexibility index (Phi) is 5.36. The second kappa shape index (κ2) is 6.54. The normalized spacial score (nSPS) is 23.1. The van der Waals surface area contributed by atoms with E-state index in [1.54, 1.807) is 0 Å². The van der Waals surface area contributed by atoms with Crippen molar-refractivity contribution in [3.8, 4) is 0 Å². The van der Waals surface area contributed by atoms with Crippen molar-refractivity contribution >= 4 is 37.6 Å². The lowest BCUT2D eigenvalue weighted by Gasteiger charge is -2.36. The highest BCUT2D eigenvalue weighted by Crippen LogP contribution is 2.41. The van der Waals surface area contributed by atoms with E-state index in [1.807, 2.05) is 19.1 Å². The Morgan fingerprint density at radius 2 is 1.62 bits per heavy atom. The van der Waals surface area contributed by atoms with Crippen molar-refractivity contribution in [2.24, 2.45) is 17.3 Å². The van der Waals surface area contributed by atoms with Crippen LogP contribution in [0.1, 0.15) is 62.4 Å². The monoisotopic (exact) mass is 414 g/mol. The second-order valence-corrected chi connectivity index (χ2v) is 9.07. The quantitative estimate of drug-likeness (QED) is 0.500. The summed E-state index contributed by atoms with van der Waals surface area (Å²) in [6, 6.07) is 4.00. The van der Waals surface area contributed by atoms with Crippen molar-refractivity contribution < 1.29 is 4.79 Å². The van der Waals surface area contributed by atoms with Crippen molar-refractivity contribution in [1.82, 2.24) is 0 Å². The predicted octanol–water partition coefficient (Wildman–Crippen LogP) is 6.56. The van der Waals surface area contributed by atoms with Crippen LogP contribution in [0.25, 0.3) is 0 Å². The minimum atomic E-state index is 0.189. The van der Waals surface area contributed by atoms with E-state index in [-0.39, 0.29) is 5.92 Å². The smallest absolute Gasteiger partial charge is 0.167 e. The molecule has 0 atom stereocenters. The van der Waals surface area contributed by atoms with E-state index in [1.165, 1.54) is 12.8 Å². The fraction of sp³-hybridized carbons (Fsp3) is 0.611. The highest BCUT2D eigenvalue weighted by molar-refractivity contribution is 9.11. The van der Waals surface area contributed by atoms with E-state index in [2.05, 4.69) is 52.6 Å². The van der Waals surface area contributed by atoms with E-state index < -0.39 is 0 Å². The molecule has 0 radical (unpaired) electrons. The minimum Gasteiger partial charge on any atom is -0.294 e. The Morgan fingerprint density at radius 3 is 2.14 bits per heavy atom. The van der Waals surface area contributed by atoms with Gasteiger partial charge in [-0.3, -0.25) is 4.79 Å². The molecule has 0 aromatic heterocycles. The number of benzene rings is 1. The maximum absolute atomic E-state index is 12.8. The van der Waals surface area contributed by atoms with Crippen molar-refractivity contribution in [3.05, 3.63) is 32.2 Å². The van der Waals surface area contributed by atoms with Crippen molar-refractivity contribution in [1.29, 1.82) is 0 Å². The first-order chi connectivity index (χ1) is 9.70. The SMILES string of the molecule is Cc1cc(Br)c(C(=O)C2CCC(C(C)(C)C)CC2)cc1Br. The van der Waals surface area contributed by atoms with Crippen LogP contribution in [-0.4, -0.2) is 5.78 Å². The van der Waals surface area contributed by atoms with Crippen molar-refractivity contribution in [2.75, 3.05) is 0 Å². The third-order valence-corrected chi connectivity index (χ3v) is 6.35. The standard InChI is InChI=1S/C18H24Br2O/c1-11-9-16(20)14(10-15(11)19)17(21)12-5-7-13(8-6-12)18(2,3)4/h9-10,12-13H,5-8H2,1-4H3. The van der Waals surface area contributed by atoms with Crippen LogP contribution in [-0.2, 0) is 0 Å². The van der Waals surface area contributed by atoms with Gasteiger partial charge in [0.1, 0.15) is 0 Å². The van der Waals surface area contributed by atoms with Crippen molar-refractivity contribution in [3.63, 3.8) is 0 Å². The lowest BCUT2D eigenvalue weighted by atomic mass is 9.69. The van der Waals surface area contributed by atoms with Gasteiger partial charge in [-0.25, -0.2) is 0 Å². The van der Waals surface area contributed by atoms with Crippen molar-refractivity contribution in [2.45, 2.75) is 53.4 Å². The van der Waals surface area contributed by atoms with E-state index >= 15 is 0 Å². The van der Waals surface area contributed by atoms with Crippen LogP contribution in [0.5, 0.6) is 0 Å². The average Bonchev–Trinajstić information content (AvgIpc) is 2.41. The fourth-order valence-corrected chi connectivity index (χ4v) is 4.27. The topological polar surface area (TPSA) is 17.1 Å². The summed E-state index contributed by atoms with van der Waals surface area (Å²) in [6.07, 6.45) is 4.40. The molecule has 0 saturated heterocycles. The van der Waals surface area contributed by atoms with E-state index in [0.717, 1.165) is 38.8 Å². The number of carbonyl (C=O) groups excluding carboxylic acids is 1. The van der Waals surface area contributed by atoms with Gasteiger partial charge in [0.25, 0.3) is 0 Å². The Hall–Kier alpha value is -0.150. The zero-order chi connectivity index (χ0) is 15.8. The average molecular weight is 416 g/mol. The van der Waals surface area contributed by atoms with Crippen LogP contribution in [0.3, 0.4) is 0 Å². The first kappa shape index (κ1) is 17.2. The zero-order valence-electron chi connectivity index (χ0n) is 13.3. The van der Waals surface area contributed by atoms with Crippen LogP contribution in [0.2, 0.25) is 0 Å².